The molecule has 2 fully saturated rings. The molecule has 2 unspecified atom stereocenters. The van der Waals surface area contributed by atoms with Crippen LogP contribution in [-0.4, -0.2) is 35.1 Å². The number of piperidine rings is 1. The molecule has 2 saturated heterocycles. The van der Waals surface area contributed by atoms with Gasteiger partial charge in [-0.05, 0) is 56.8 Å². The molecule has 1 aromatic heterocycles. The van der Waals surface area contributed by atoms with E-state index >= 15 is 0 Å². The van der Waals surface area contributed by atoms with Crippen LogP contribution in [0.4, 0.5) is 0 Å². The fraction of sp³-hybridized carbons (Fsp3) is 0.667. The third-order valence-corrected chi connectivity index (χ3v) is 4.79. The molecule has 1 N–H and O–H groups in total. The number of aryl methyl sites for hydroxylation is 1. The van der Waals surface area contributed by atoms with Crippen molar-refractivity contribution >= 4 is 0 Å². The zero-order valence-corrected chi connectivity index (χ0v) is 11.4. The minimum atomic E-state index is 0.730. The molecule has 0 aliphatic carbocycles. The first kappa shape index (κ1) is 12.1. The van der Waals surface area contributed by atoms with Crippen LogP contribution >= 0.6 is 0 Å². The van der Waals surface area contributed by atoms with Crippen molar-refractivity contribution in [1.82, 2.24) is 15.2 Å². The van der Waals surface area contributed by atoms with E-state index in [2.05, 4.69) is 35.2 Å². The maximum Gasteiger partial charge on any atom is 0.0315 e. The molecular weight excluding hydrogens is 222 g/mol. The van der Waals surface area contributed by atoms with Gasteiger partial charge >= 0.3 is 0 Å². The van der Waals surface area contributed by atoms with Crippen LogP contribution in [0.15, 0.2) is 18.5 Å². The lowest BCUT2D eigenvalue weighted by atomic mass is 9.96. The van der Waals surface area contributed by atoms with Crippen LogP contribution in [0.5, 0.6) is 0 Å². The summed E-state index contributed by atoms with van der Waals surface area (Å²) in [7, 11) is 2.10. The van der Waals surface area contributed by atoms with Crippen LogP contribution in [0, 0.1) is 6.92 Å². The number of nitrogens with one attached hydrogen (secondary N) is 1. The zero-order chi connectivity index (χ0) is 12.5. The molecular formula is C15H23N3. The summed E-state index contributed by atoms with van der Waals surface area (Å²) in [4.78, 5) is 6.99. The lowest BCUT2D eigenvalue weighted by Gasteiger charge is -2.39. The predicted octanol–water partition coefficient (Wildman–Crippen LogP) is 2.10. The van der Waals surface area contributed by atoms with E-state index in [1.54, 1.807) is 0 Å². The number of nitrogens with zero attached hydrogens (tertiary/aromatic N) is 2. The van der Waals surface area contributed by atoms with E-state index in [0.29, 0.717) is 0 Å². The molecule has 2 aliphatic heterocycles. The Morgan fingerprint density at radius 3 is 2.67 bits per heavy atom. The molecule has 3 rings (SSSR count). The maximum atomic E-state index is 4.27. The fourth-order valence-corrected chi connectivity index (χ4v) is 3.63. The number of fused-ring (bicyclic) bond motifs is 2. The second kappa shape index (κ2) is 4.98. The minimum Gasteiger partial charge on any atom is -0.317 e. The van der Waals surface area contributed by atoms with Gasteiger partial charge in [-0.2, -0.15) is 0 Å². The largest absolute Gasteiger partial charge is 0.317 e. The number of hydrogen-bond donors (Lipinski definition) is 1. The van der Waals surface area contributed by atoms with Gasteiger partial charge in [-0.25, -0.2) is 0 Å². The molecule has 0 aromatic carbocycles. The van der Waals surface area contributed by atoms with Gasteiger partial charge in [-0.3, -0.25) is 9.88 Å². The Hall–Kier alpha value is -0.930. The van der Waals surface area contributed by atoms with Crippen LogP contribution < -0.4 is 5.32 Å². The number of pyridine rings is 1. The van der Waals surface area contributed by atoms with E-state index in [0.717, 1.165) is 24.7 Å². The summed E-state index contributed by atoms with van der Waals surface area (Å²) in [6.45, 7) is 3.28. The second-order valence-corrected chi connectivity index (χ2v) is 5.82. The quantitative estimate of drug-likeness (QED) is 0.884. The number of rotatable bonds is 3. The Bertz CT molecular complexity index is 404. The average Bonchev–Trinajstić information content (AvgIpc) is 2.63. The van der Waals surface area contributed by atoms with Crippen LogP contribution in [0.1, 0.15) is 36.8 Å². The average molecular weight is 245 g/mol. The first-order valence-corrected chi connectivity index (χ1v) is 7.10. The summed E-state index contributed by atoms with van der Waals surface area (Å²) in [6.07, 6.45) is 9.31. The lowest BCUT2D eigenvalue weighted by molar-refractivity contribution is 0.111. The van der Waals surface area contributed by atoms with Crippen molar-refractivity contribution in [2.24, 2.45) is 0 Å². The predicted molar refractivity (Wildman–Crippen MR) is 73.4 cm³/mol. The minimum absolute atomic E-state index is 0.730. The molecule has 2 bridgehead atoms. The zero-order valence-electron chi connectivity index (χ0n) is 11.4. The number of aromatic nitrogens is 1. The van der Waals surface area contributed by atoms with E-state index in [1.165, 1.54) is 36.8 Å². The van der Waals surface area contributed by atoms with Gasteiger partial charge in [0.2, 0.25) is 0 Å². The van der Waals surface area contributed by atoms with E-state index in [1.807, 2.05) is 12.4 Å². The summed E-state index contributed by atoms with van der Waals surface area (Å²) in [5.74, 6) is 0. The SMILES string of the molecule is CNC1CC2CCC(C1)N2Cc1cnccc1C. The Morgan fingerprint density at radius 1 is 1.33 bits per heavy atom. The molecule has 0 amide bonds. The monoisotopic (exact) mass is 245 g/mol. The van der Waals surface area contributed by atoms with Gasteiger partial charge in [0, 0.05) is 37.1 Å². The molecule has 1 aromatic rings. The molecule has 2 aliphatic rings. The summed E-state index contributed by atoms with van der Waals surface area (Å²) < 4.78 is 0. The van der Waals surface area contributed by atoms with Gasteiger partial charge in [0.1, 0.15) is 0 Å². The van der Waals surface area contributed by atoms with E-state index in [9.17, 15) is 0 Å². The molecule has 0 radical (unpaired) electrons. The summed E-state index contributed by atoms with van der Waals surface area (Å²) in [6, 6.07) is 4.41. The van der Waals surface area contributed by atoms with Crippen molar-refractivity contribution in [3.8, 4) is 0 Å². The first-order chi connectivity index (χ1) is 8.78. The third kappa shape index (κ3) is 2.17. The molecule has 0 saturated carbocycles. The van der Waals surface area contributed by atoms with E-state index in [4.69, 9.17) is 0 Å². The normalized spacial score (nSPS) is 31.8. The van der Waals surface area contributed by atoms with Crippen molar-refractivity contribution in [2.75, 3.05) is 7.05 Å². The number of hydrogen-bond acceptors (Lipinski definition) is 3. The van der Waals surface area contributed by atoms with Crippen molar-refractivity contribution in [3.05, 3.63) is 29.6 Å². The van der Waals surface area contributed by atoms with Gasteiger partial charge in [-0.15, -0.1) is 0 Å². The van der Waals surface area contributed by atoms with Crippen molar-refractivity contribution < 1.29 is 0 Å². The topological polar surface area (TPSA) is 28.2 Å². The Labute approximate surface area is 110 Å². The summed E-state index contributed by atoms with van der Waals surface area (Å²) in [5, 5.41) is 3.46. The highest BCUT2D eigenvalue weighted by Crippen LogP contribution is 2.36. The lowest BCUT2D eigenvalue weighted by Crippen LogP contribution is -2.47. The molecule has 3 heteroatoms. The van der Waals surface area contributed by atoms with Gasteiger partial charge in [0.05, 0.1) is 0 Å². The molecule has 3 heterocycles. The molecule has 2 atom stereocenters. The van der Waals surface area contributed by atoms with Crippen molar-refractivity contribution in [1.29, 1.82) is 0 Å². The van der Waals surface area contributed by atoms with Gasteiger partial charge in [-0.1, -0.05) is 0 Å². The summed E-state index contributed by atoms with van der Waals surface area (Å²) >= 11 is 0. The molecule has 0 spiro atoms. The van der Waals surface area contributed by atoms with Gasteiger partial charge in [0.15, 0.2) is 0 Å². The first-order valence-electron chi connectivity index (χ1n) is 7.10. The van der Waals surface area contributed by atoms with Crippen LogP contribution in [0.3, 0.4) is 0 Å². The Balaban J connectivity index is 1.73. The van der Waals surface area contributed by atoms with Gasteiger partial charge in [0.25, 0.3) is 0 Å². The van der Waals surface area contributed by atoms with Crippen LogP contribution in [0.2, 0.25) is 0 Å². The van der Waals surface area contributed by atoms with Crippen LogP contribution in [-0.2, 0) is 6.54 Å². The highest BCUT2D eigenvalue weighted by atomic mass is 15.2. The van der Waals surface area contributed by atoms with Crippen molar-refractivity contribution in [3.63, 3.8) is 0 Å². The highest BCUT2D eigenvalue weighted by molar-refractivity contribution is 5.22. The van der Waals surface area contributed by atoms with E-state index in [-0.39, 0.29) is 0 Å². The highest BCUT2D eigenvalue weighted by Gasteiger charge is 2.40. The molecule has 3 nitrogen and oxygen atoms in total. The van der Waals surface area contributed by atoms with Gasteiger partial charge < -0.3 is 5.32 Å². The Kier molecular flexibility index (Phi) is 3.35. The fourth-order valence-electron chi connectivity index (χ4n) is 3.63. The standard InChI is InChI=1S/C15H23N3/c1-11-5-6-17-9-12(11)10-18-14-3-4-15(18)8-13(7-14)16-2/h5-6,9,13-16H,3-4,7-8,10H2,1-2H3. The van der Waals surface area contributed by atoms with E-state index < -0.39 is 0 Å². The molecule has 18 heavy (non-hydrogen) atoms. The maximum absolute atomic E-state index is 4.27. The summed E-state index contributed by atoms with van der Waals surface area (Å²) in [5.41, 5.74) is 2.78. The molecule has 98 valence electrons. The smallest absolute Gasteiger partial charge is 0.0315 e. The Morgan fingerprint density at radius 2 is 2.06 bits per heavy atom. The second-order valence-electron chi connectivity index (χ2n) is 5.82. The van der Waals surface area contributed by atoms with Crippen molar-refractivity contribution in [2.45, 2.75) is 57.3 Å². The third-order valence-electron chi connectivity index (χ3n) is 4.79. The van der Waals surface area contributed by atoms with Crippen LogP contribution in [0.25, 0.3) is 0 Å².